The molecular formula is C8H13NO3. The van der Waals surface area contributed by atoms with Gasteiger partial charge < -0.3 is 10.5 Å². The van der Waals surface area contributed by atoms with Gasteiger partial charge in [-0.25, -0.2) is 0 Å². The Kier molecular flexibility index (Phi) is 2.81. The molecule has 1 amide bonds. The van der Waals surface area contributed by atoms with Crippen LogP contribution >= 0.6 is 0 Å². The number of ether oxygens (including phenoxy) is 1. The number of unbranched alkanes of at least 4 members (excludes halogenated alkanes) is 1. The van der Waals surface area contributed by atoms with Crippen LogP contribution in [0.15, 0.2) is 0 Å². The van der Waals surface area contributed by atoms with Crippen molar-refractivity contribution < 1.29 is 14.3 Å². The summed E-state index contributed by atoms with van der Waals surface area (Å²) in [5.41, 5.74) is 4.94. The number of amides is 1. The molecule has 0 aromatic heterocycles. The lowest BCUT2D eigenvalue weighted by atomic mass is 10.1. The molecular weight excluding hydrogens is 158 g/mol. The molecule has 0 aliphatic carbocycles. The van der Waals surface area contributed by atoms with E-state index >= 15 is 0 Å². The molecule has 0 aromatic carbocycles. The lowest BCUT2D eigenvalue weighted by molar-refractivity contribution is -0.121. The van der Waals surface area contributed by atoms with Crippen LogP contribution < -0.4 is 5.73 Å². The minimum Gasteiger partial charge on any atom is -0.367 e. The first-order valence-electron chi connectivity index (χ1n) is 4.14. The molecule has 1 heterocycles. The average molecular weight is 171 g/mol. The van der Waals surface area contributed by atoms with E-state index in [0.717, 1.165) is 12.8 Å². The van der Waals surface area contributed by atoms with Gasteiger partial charge in [0.25, 0.3) is 0 Å². The second kappa shape index (κ2) is 3.67. The molecule has 0 aromatic rings. The van der Waals surface area contributed by atoms with Gasteiger partial charge in [-0.15, -0.1) is 0 Å². The first-order chi connectivity index (χ1) is 5.66. The van der Waals surface area contributed by atoms with Gasteiger partial charge in [0.15, 0.2) is 18.0 Å². The Labute approximate surface area is 71.1 Å². The zero-order chi connectivity index (χ0) is 9.14. The number of epoxide rings is 1. The molecule has 0 bridgehead atoms. The van der Waals surface area contributed by atoms with E-state index in [-0.39, 0.29) is 5.78 Å². The van der Waals surface area contributed by atoms with Gasteiger partial charge in [-0.3, -0.25) is 9.59 Å². The van der Waals surface area contributed by atoms with Crippen molar-refractivity contribution in [2.75, 3.05) is 0 Å². The number of rotatable bonds is 5. The summed E-state index contributed by atoms with van der Waals surface area (Å²) in [6.45, 7) is 2.01. The summed E-state index contributed by atoms with van der Waals surface area (Å²) in [7, 11) is 0. The van der Waals surface area contributed by atoms with Crippen LogP contribution in [0.5, 0.6) is 0 Å². The van der Waals surface area contributed by atoms with Crippen LogP contribution in [0.25, 0.3) is 0 Å². The Morgan fingerprint density at radius 1 is 1.42 bits per heavy atom. The highest BCUT2D eigenvalue weighted by atomic mass is 16.6. The van der Waals surface area contributed by atoms with Gasteiger partial charge in [-0.2, -0.15) is 0 Å². The molecule has 4 heteroatoms. The SMILES string of the molecule is CCCCC(=O)[C@H]1O[C@H]1C(N)=O. The van der Waals surface area contributed by atoms with Crippen molar-refractivity contribution >= 4 is 11.7 Å². The number of hydrogen-bond donors (Lipinski definition) is 1. The van der Waals surface area contributed by atoms with E-state index in [2.05, 4.69) is 0 Å². The van der Waals surface area contributed by atoms with Gasteiger partial charge in [-0.05, 0) is 6.42 Å². The molecule has 0 spiro atoms. The van der Waals surface area contributed by atoms with Crippen molar-refractivity contribution in [3.8, 4) is 0 Å². The van der Waals surface area contributed by atoms with E-state index in [4.69, 9.17) is 10.5 Å². The van der Waals surface area contributed by atoms with Gasteiger partial charge in [0.05, 0.1) is 0 Å². The topological polar surface area (TPSA) is 72.7 Å². The maximum absolute atomic E-state index is 11.1. The molecule has 1 rings (SSSR count). The summed E-state index contributed by atoms with van der Waals surface area (Å²) >= 11 is 0. The molecule has 4 nitrogen and oxygen atoms in total. The first kappa shape index (κ1) is 9.19. The maximum atomic E-state index is 11.1. The zero-order valence-corrected chi connectivity index (χ0v) is 7.08. The smallest absolute Gasteiger partial charge is 0.249 e. The Morgan fingerprint density at radius 3 is 2.50 bits per heavy atom. The lowest BCUT2D eigenvalue weighted by Crippen LogP contribution is -2.22. The van der Waals surface area contributed by atoms with E-state index in [1.54, 1.807) is 0 Å². The summed E-state index contributed by atoms with van der Waals surface area (Å²) in [4.78, 5) is 21.6. The van der Waals surface area contributed by atoms with Crippen LogP contribution in [0, 0.1) is 0 Å². The summed E-state index contributed by atoms with van der Waals surface area (Å²) < 4.78 is 4.81. The largest absolute Gasteiger partial charge is 0.367 e. The molecule has 1 aliphatic heterocycles. The van der Waals surface area contributed by atoms with Crippen LogP contribution in [-0.2, 0) is 14.3 Å². The maximum Gasteiger partial charge on any atom is 0.249 e. The minimum atomic E-state index is -0.644. The normalized spacial score (nSPS) is 26.8. The molecule has 12 heavy (non-hydrogen) atoms. The van der Waals surface area contributed by atoms with Gasteiger partial charge in [-0.1, -0.05) is 13.3 Å². The predicted octanol–water partition coefficient (Wildman–Crippen LogP) is -0.00160. The Bertz CT molecular complexity index is 202. The first-order valence-corrected chi connectivity index (χ1v) is 4.14. The lowest BCUT2D eigenvalue weighted by Gasteiger charge is -1.92. The molecule has 1 aliphatic rings. The van der Waals surface area contributed by atoms with Crippen molar-refractivity contribution in [3.05, 3.63) is 0 Å². The van der Waals surface area contributed by atoms with E-state index in [1.807, 2.05) is 6.92 Å². The average Bonchev–Trinajstić information content (AvgIpc) is 2.78. The third kappa shape index (κ3) is 2.04. The molecule has 1 fully saturated rings. The van der Waals surface area contributed by atoms with Crippen LogP contribution in [-0.4, -0.2) is 23.9 Å². The third-order valence-electron chi connectivity index (χ3n) is 1.87. The summed E-state index contributed by atoms with van der Waals surface area (Å²) in [6.07, 6.45) is 1.14. The zero-order valence-electron chi connectivity index (χ0n) is 7.08. The quantitative estimate of drug-likeness (QED) is 0.591. The number of carbonyl (C=O) groups excluding carboxylic acids is 2. The molecule has 68 valence electrons. The number of nitrogens with two attached hydrogens (primary N) is 1. The Morgan fingerprint density at radius 2 is 2.08 bits per heavy atom. The molecule has 2 N–H and O–H groups in total. The number of Topliss-reactive ketones (excluding diaryl/α,β-unsaturated/α-hetero) is 1. The second-order valence-electron chi connectivity index (χ2n) is 2.95. The minimum absolute atomic E-state index is 0.000602. The van der Waals surface area contributed by atoms with E-state index in [9.17, 15) is 9.59 Å². The van der Waals surface area contributed by atoms with Gasteiger partial charge in [0.1, 0.15) is 0 Å². The fourth-order valence-corrected chi connectivity index (χ4v) is 1.07. The van der Waals surface area contributed by atoms with Gasteiger partial charge in [0.2, 0.25) is 5.91 Å². The summed E-state index contributed by atoms with van der Waals surface area (Å²) in [5.74, 6) is -0.537. The Hall–Kier alpha value is -0.900. The number of hydrogen-bond acceptors (Lipinski definition) is 3. The van der Waals surface area contributed by atoms with E-state index in [1.165, 1.54) is 0 Å². The van der Waals surface area contributed by atoms with Crippen LogP contribution in [0.3, 0.4) is 0 Å². The number of ketones is 1. The monoisotopic (exact) mass is 171 g/mol. The molecule has 0 unspecified atom stereocenters. The van der Waals surface area contributed by atoms with Crippen LogP contribution in [0.4, 0.5) is 0 Å². The van der Waals surface area contributed by atoms with E-state index < -0.39 is 18.1 Å². The highest BCUT2D eigenvalue weighted by Crippen LogP contribution is 2.24. The standard InChI is InChI=1S/C8H13NO3/c1-2-3-4-5(10)6-7(12-6)8(9)11/h6-7H,2-4H2,1H3,(H2,9,11)/t6-,7-/m1/s1. The Balaban J connectivity index is 2.24. The molecule has 1 saturated heterocycles. The van der Waals surface area contributed by atoms with E-state index in [0.29, 0.717) is 6.42 Å². The highest BCUT2D eigenvalue weighted by Gasteiger charge is 2.48. The molecule has 2 atom stereocenters. The number of carbonyl (C=O) groups is 2. The number of primary amides is 1. The predicted molar refractivity (Wildman–Crippen MR) is 42.4 cm³/mol. The highest BCUT2D eigenvalue weighted by molar-refractivity contribution is 5.95. The summed E-state index contributed by atoms with van der Waals surface area (Å²) in [6, 6.07) is 0. The van der Waals surface area contributed by atoms with Crippen LogP contribution in [0.1, 0.15) is 26.2 Å². The van der Waals surface area contributed by atoms with Gasteiger partial charge >= 0.3 is 0 Å². The van der Waals surface area contributed by atoms with Crippen molar-refractivity contribution in [2.24, 2.45) is 5.73 Å². The van der Waals surface area contributed by atoms with Crippen molar-refractivity contribution in [2.45, 2.75) is 38.4 Å². The summed E-state index contributed by atoms with van der Waals surface area (Å²) in [5, 5.41) is 0. The second-order valence-corrected chi connectivity index (χ2v) is 2.95. The third-order valence-corrected chi connectivity index (χ3v) is 1.87. The molecule has 0 saturated carbocycles. The van der Waals surface area contributed by atoms with Crippen LogP contribution in [0.2, 0.25) is 0 Å². The van der Waals surface area contributed by atoms with Crippen molar-refractivity contribution in [1.29, 1.82) is 0 Å². The van der Waals surface area contributed by atoms with Crippen molar-refractivity contribution in [1.82, 2.24) is 0 Å². The fraction of sp³-hybridized carbons (Fsp3) is 0.750. The fourth-order valence-electron chi connectivity index (χ4n) is 1.07. The van der Waals surface area contributed by atoms with Crippen molar-refractivity contribution in [3.63, 3.8) is 0 Å². The molecule has 0 radical (unpaired) electrons. The van der Waals surface area contributed by atoms with Gasteiger partial charge in [0, 0.05) is 6.42 Å².